The number of rotatable bonds is 6. The van der Waals surface area contributed by atoms with E-state index in [4.69, 9.17) is 9.47 Å². The minimum Gasteiger partial charge on any atom is -0.497 e. The molecule has 0 aliphatic carbocycles. The quantitative estimate of drug-likeness (QED) is 0.658. The second kappa shape index (κ2) is 8.50. The van der Waals surface area contributed by atoms with Crippen molar-refractivity contribution in [1.82, 2.24) is 10.2 Å². The SMILES string of the molecule is COc1ccc(NC(=O)Nc2nnc(COc3cc(C)cc(C)c3)s2)cc1. The van der Waals surface area contributed by atoms with Crippen molar-refractivity contribution in [2.24, 2.45) is 0 Å². The van der Waals surface area contributed by atoms with Crippen LogP contribution in [0.5, 0.6) is 11.5 Å². The number of carbonyl (C=O) groups is 1. The highest BCUT2D eigenvalue weighted by molar-refractivity contribution is 7.15. The van der Waals surface area contributed by atoms with Gasteiger partial charge in [0.25, 0.3) is 0 Å². The molecule has 2 amide bonds. The Morgan fingerprint density at radius 2 is 1.70 bits per heavy atom. The highest BCUT2D eigenvalue weighted by Gasteiger charge is 2.09. The summed E-state index contributed by atoms with van der Waals surface area (Å²) in [6.45, 7) is 4.34. The van der Waals surface area contributed by atoms with Gasteiger partial charge in [0.15, 0.2) is 5.01 Å². The third-order valence-corrected chi connectivity index (χ3v) is 4.40. The lowest BCUT2D eigenvalue weighted by atomic mass is 10.1. The van der Waals surface area contributed by atoms with Crippen LogP contribution in [0.1, 0.15) is 16.1 Å². The Hall–Kier alpha value is -3.13. The van der Waals surface area contributed by atoms with Crippen molar-refractivity contribution in [2.75, 3.05) is 17.7 Å². The van der Waals surface area contributed by atoms with E-state index in [0.717, 1.165) is 22.6 Å². The molecular weight excluding hydrogens is 364 g/mol. The number of nitrogens with one attached hydrogen (secondary N) is 2. The van der Waals surface area contributed by atoms with Crippen LogP contribution in [0.2, 0.25) is 0 Å². The van der Waals surface area contributed by atoms with E-state index in [1.165, 1.54) is 11.3 Å². The Kier molecular flexibility index (Phi) is 5.87. The zero-order valence-electron chi connectivity index (χ0n) is 15.3. The van der Waals surface area contributed by atoms with E-state index in [0.29, 0.717) is 22.4 Å². The van der Waals surface area contributed by atoms with E-state index in [2.05, 4.69) is 26.9 Å². The predicted molar refractivity (Wildman–Crippen MR) is 106 cm³/mol. The molecule has 27 heavy (non-hydrogen) atoms. The topological polar surface area (TPSA) is 85.4 Å². The van der Waals surface area contributed by atoms with Crippen molar-refractivity contribution in [3.8, 4) is 11.5 Å². The van der Waals surface area contributed by atoms with E-state index >= 15 is 0 Å². The van der Waals surface area contributed by atoms with Crippen LogP contribution in [0.25, 0.3) is 0 Å². The minimum absolute atomic E-state index is 0.294. The summed E-state index contributed by atoms with van der Waals surface area (Å²) in [6.07, 6.45) is 0. The Balaban J connectivity index is 1.53. The first-order valence-electron chi connectivity index (χ1n) is 8.27. The fraction of sp³-hybridized carbons (Fsp3) is 0.211. The first-order valence-corrected chi connectivity index (χ1v) is 9.09. The number of aryl methyl sites for hydroxylation is 2. The van der Waals surface area contributed by atoms with Crippen molar-refractivity contribution in [2.45, 2.75) is 20.5 Å². The number of ether oxygens (including phenoxy) is 2. The average Bonchev–Trinajstić information content (AvgIpc) is 3.07. The maximum Gasteiger partial charge on any atom is 0.325 e. The number of hydrogen-bond acceptors (Lipinski definition) is 6. The molecule has 0 unspecified atom stereocenters. The second-order valence-corrected chi connectivity index (χ2v) is 6.98. The summed E-state index contributed by atoms with van der Waals surface area (Å²) >= 11 is 1.27. The third-order valence-electron chi connectivity index (χ3n) is 3.59. The largest absolute Gasteiger partial charge is 0.497 e. The van der Waals surface area contributed by atoms with Crippen LogP contribution in [0.3, 0.4) is 0 Å². The van der Waals surface area contributed by atoms with E-state index in [9.17, 15) is 4.79 Å². The Bertz CT molecular complexity index is 905. The van der Waals surface area contributed by atoms with Gasteiger partial charge < -0.3 is 14.8 Å². The molecule has 0 fully saturated rings. The molecule has 7 nitrogen and oxygen atoms in total. The van der Waals surface area contributed by atoms with E-state index in [1.807, 2.05) is 26.0 Å². The van der Waals surface area contributed by atoms with E-state index < -0.39 is 6.03 Å². The molecule has 0 spiro atoms. The Morgan fingerprint density at radius 3 is 2.37 bits per heavy atom. The van der Waals surface area contributed by atoms with Crippen molar-refractivity contribution in [3.05, 3.63) is 58.6 Å². The summed E-state index contributed by atoms with van der Waals surface area (Å²) in [6, 6.07) is 12.7. The summed E-state index contributed by atoms with van der Waals surface area (Å²) in [5, 5.41) is 14.5. The molecule has 1 aromatic heterocycles. The highest BCUT2D eigenvalue weighted by Crippen LogP contribution is 2.21. The smallest absolute Gasteiger partial charge is 0.325 e. The van der Waals surface area contributed by atoms with Crippen LogP contribution < -0.4 is 20.1 Å². The maximum atomic E-state index is 12.1. The lowest BCUT2D eigenvalue weighted by Gasteiger charge is -2.06. The first-order chi connectivity index (χ1) is 13.0. The lowest BCUT2D eigenvalue weighted by Crippen LogP contribution is -2.19. The number of benzene rings is 2. The van der Waals surface area contributed by atoms with Crippen molar-refractivity contribution in [1.29, 1.82) is 0 Å². The van der Waals surface area contributed by atoms with E-state index in [1.54, 1.807) is 31.4 Å². The number of amides is 2. The molecule has 3 rings (SSSR count). The molecule has 2 N–H and O–H groups in total. The summed E-state index contributed by atoms with van der Waals surface area (Å²) in [7, 11) is 1.59. The zero-order chi connectivity index (χ0) is 19.2. The molecule has 0 bridgehead atoms. The highest BCUT2D eigenvalue weighted by atomic mass is 32.1. The van der Waals surface area contributed by atoms with Gasteiger partial charge in [-0.2, -0.15) is 0 Å². The summed E-state index contributed by atoms with van der Waals surface area (Å²) in [4.78, 5) is 12.1. The molecule has 140 valence electrons. The molecule has 3 aromatic rings. The van der Waals surface area contributed by atoms with E-state index in [-0.39, 0.29) is 0 Å². The van der Waals surface area contributed by atoms with Crippen molar-refractivity contribution < 1.29 is 14.3 Å². The van der Waals surface area contributed by atoms with Gasteiger partial charge in [-0.3, -0.25) is 5.32 Å². The van der Waals surface area contributed by atoms with Crippen molar-refractivity contribution >= 4 is 28.2 Å². The second-order valence-electron chi connectivity index (χ2n) is 5.92. The van der Waals surface area contributed by atoms with Gasteiger partial charge in [0.1, 0.15) is 18.1 Å². The third kappa shape index (κ3) is 5.42. The fourth-order valence-electron chi connectivity index (χ4n) is 2.46. The molecule has 8 heteroatoms. The first kappa shape index (κ1) is 18.7. The number of anilines is 2. The van der Waals surface area contributed by atoms with Gasteiger partial charge in [-0.05, 0) is 61.4 Å². The number of aromatic nitrogens is 2. The van der Waals surface area contributed by atoms with Gasteiger partial charge >= 0.3 is 6.03 Å². The Labute approximate surface area is 161 Å². The summed E-state index contributed by atoms with van der Waals surface area (Å²) in [5.74, 6) is 1.51. The van der Waals surface area contributed by atoms with Gasteiger partial charge in [-0.1, -0.05) is 17.4 Å². The van der Waals surface area contributed by atoms with Gasteiger partial charge in [-0.15, -0.1) is 10.2 Å². The van der Waals surface area contributed by atoms with Crippen LogP contribution >= 0.6 is 11.3 Å². The average molecular weight is 384 g/mol. The van der Waals surface area contributed by atoms with Crippen LogP contribution in [0, 0.1) is 13.8 Å². The lowest BCUT2D eigenvalue weighted by molar-refractivity contribution is 0.262. The molecule has 0 aliphatic heterocycles. The van der Waals surface area contributed by atoms with Crippen molar-refractivity contribution in [3.63, 3.8) is 0 Å². The molecule has 1 heterocycles. The van der Waals surface area contributed by atoms with Crippen LogP contribution in [0.15, 0.2) is 42.5 Å². The molecule has 0 saturated heterocycles. The fourth-order valence-corrected chi connectivity index (χ4v) is 3.11. The van der Waals surface area contributed by atoms with Gasteiger partial charge in [0.2, 0.25) is 5.13 Å². The summed E-state index contributed by atoms with van der Waals surface area (Å²) in [5.41, 5.74) is 2.93. The molecule has 0 aliphatic rings. The number of nitrogens with zero attached hydrogens (tertiary/aromatic N) is 2. The summed E-state index contributed by atoms with van der Waals surface area (Å²) < 4.78 is 10.8. The molecule has 0 saturated carbocycles. The number of urea groups is 1. The Morgan fingerprint density at radius 1 is 1.00 bits per heavy atom. The maximum absolute atomic E-state index is 12.1. The van der Waals surface area contributed by atoms with Crippen LogP contribution in [0.4, 0.5) is 15.6 Å². The van der Waals surface area contributed by atoms with Crippen LogP contribution in [-0.2, 0) is 6.61 Å². The molecule has 0 atom stereocenters. The van der Waals surface area contributed by atoms with Gasteiger partial charge in [0.05, 0.1) is 7.11 Å². The monoisotopic (exact) mass is 384 g/mol. The zero-order valence-corrected chi connectivity index (χ0v) is 16.1. The number of hydrogen-bond donors (Lipinski definition) is 2. The van der Waals surface area contributed by atoms with Crippen LogP contribution in [-0.4, -0.2) is 23.3 Å². The standard InChI is InChI=1S/C19H20N4O3S/c1-12-8-13(2)10-16(9-12)26-11-17-22-23-19(27-17)21-18(24)20-14-4-6-15(25-3)7-5-14/h4-10H,11H2,1-3H3,(H2,20,21,23,24). The number of methoxy groups -OCH3 is 1. The van der Waals surface area contributed by atoms with Gasteiger partial charge in [0, 0.05) is 5.69 Å². The van der Waals surface area contributed by atoms with Gasteiger partial charge in [-0.25, -0.2) is 4.79 Å². The normalized spacial score (nSPS) is 10.3. The molecular formula is C19H20N4O3S. The minimum atomic E-state index is -0.391. The predicted octanol–water partition coefficient (Wildman–Crippen LogP) is 4.39. The number of carbonyl (C=O) groups excluding carboxylic acids is 1. The molecule has 2 aromatic carbocycles. The molecule has 0 radical (unpaired) electrons.